The summed E-state index contributed by atoms with van der Waals surface area (Å²) in [5.41, 5.74) is 17.3. The molecule has 0 fully saturated rings. The molecule has 0 heterocycles. The number of aliphatic carboxylic acids is 2. The van der Waals surface area contributed by atoms with Crippen molar-refractivity contribution < 1.29 is 34.2 Å². The number of amides is 3. The maximum atomic E-state index is 13.4. The fourth-order valence-corrected chi connectivity index (χ4v) is 3.73. The summed E-state index contributed by atoms with van der Waals surface area (Å²) in [6.45, 7) is 3.78. The van der Waals surface area contributed by atoms with E-state index in [0.717, 1.165) is 5.56 Å². The zero-order valence-electron chi connectivity index (χ0n) is 22.8. The number of nitrogens with two attached hydrogens (primary N) is 3. The maximum absolute atomic E-state index is 13.4. The van der Waals surface area contributed by atoms with Crippen LogP contribution in [0.1, 0.15) is 51.5 Å². The van der Waals surface area contributed by atoms with E-state index in [4.69, 9.17) is 22.3 Å². The van der Waals surface area contributed by atoms with Crippen LogP contribution < -0.4 is 33.2 Å². The molecule has 5 unspecified atom stereocenters. The molecule has 14 nitrogen and oxygen atoms in total. The number of guanidine groups is 1. The van der Waals surface area contributed by atoms with Gasteiger partial charge in [0.15, 0.2) is 5.96 Å². The summed E-state index contributed by atoms with van der Waals surface area (Å²) in [5, 5.41) is 25.9. The standard InChI is InChI=1S/C26H41N7O7/c1-3-15(2)21(24(38)31-18(25(39)40)11-12-20(34)35)33-23(37)19(14-16-8-5-4-6-9-16)32-22(36)17(27)10-7-13-30-26(28)29/h4-6,8-9,15,17-19,21H,3,7,10-14,27H2,1-2H3,(H,31,38)(H,32,36)(H,33,37)(H,34,35)(H,39,40)(H4,28,29,30). The molecule has 14 heteroatoms. The highest BCUT2D eigenvalue weighted by molar-refractivity contribution is 5.94. The van der Waals surface area contributed by atoms with Crippen molar-refractivity contribution in [2.45, 2.75) is 76.5 Å². The van der Waals surface area contributed by atoms with Crippen LogP contribution in [-0.2, 0) is 30.4 Å². The van der Waals surface area contributed by atoms with E-state index >= 15 is 0 Å². The average molecular weight is 564 g/mol. The Labute approximate surface area is 233 Å². The van der Waals surface area contributed by atoms with Gasteiger partial charge in [-0.15, -0.1) is 0 Å². The average Bonchev–Trinajstić information content (AvgIpc) is 2.90. The van der Waals surface area contributed by atoms with Crippen LogP contribution in [0.4, 0.5) is 0 Å². The van der Waals surface area contributed by atoms with Gasteiger partial charge in [-0.1, -0.05) is 50.6 Å². The van der Waals surface area contributed by atoms with Gasteiger partial charge in [0.05, 0.1) is 6.04 Å². The normalized spacial score (nSPS) is 14.5. The summed E-state index contributed by atoms with van der Waals surface area (Å²) in [5.74, 6) is -5.11. The molecule has 0 aliphatic carbocycles. The molecule has 5 atom stereocenters. The lowest BCUT2D eigenvalue weighted by Crippen LogP contribution is -2.59. The summed E-state index contributed by atoms with van der Waals surface area (Å²) in [7, 11) is 0. The fraction of sp³-hybridized carbons (Fsp3) is 0.538. The van der Waals surface area contributed by atoms with Gasteiger partial charge in [-0.05, 0) is 30.7 Å². The smallest absolute Gasteiger partial charge is 0.326 e. The number of carboxylic acid groups (broad SMARTS) is 2. The predicted molar refractivity (Wildman–Crippen MR) is 148 cm³/mol. The lowest BCUT2D eigenvalue weighted by molar-refractivity contribution is -0.143. The minimum atomic E-state index is -1.45. The molecular weight excluding hydrogens is 522 g/mol. The van der Waals surface area contributed by atoms with Gasteiger partial charge in [0.2, 0.25) is 17.7 Å². The third-order valence-electron chi connectivity index (χ3n) is 6.27. The first-order valence-corrected chi connectivity index (χ1v) is 13.1. The Morgan fingerprint density at radius 3 is 2.08 bits per heavy atom. The Bertz CT molecular complexity index is 1030. The van der Waals surface area contributed by atoms with Crippen molar-refractivity contribution in [2.24, 2.45) is 28.1 Å². The summed E-state index contributed by atoms with van der Waals surface area (Å²) in [4.78, 5) is 65.6. The minimum absolute atomic E-state index is 0.0749. The van der Waals surface area contributed by atoms with Crippen LogP contribution in [0, 0.1) is 5.92 Å². The van der Waals surface area contributed by atoms with Crippen molar-refractivity contribution in [3.8, 4) is 0 Å². The van der Waals surface area contributed by atoms with E-state index in [1.807, 2.05) is 0 Å². The van der Waals surface area contributed by atoms with E-state index in [1.165, 1.54) is 0 Å². The molecule has 0 aromatic heterocycles. The quantitative estimate of drug-likeness (QED) is 0.0618. The summed E-state index contributed by atoms with van der Waals surface area (Å²) < 4.78 is 0. The summed E-state index contributed by atoms with van der Waals surface area (Å²) >= 11 is 0. The number of benzene rings is 1. The molecule has 0 radical (unpaired) electrons. The molecule has 0 aliphatic heterocycles. The van der Waals surface area contributed by atoms with Gasteiger partial charge >= 0.3 is 11.9 Å². The first-order chi connectivity index (χ1) is 18.8. The second kappa shape index (κ2) is 17.4. The van der Waals surface area contributed by atoms with Crippen molar-refractivity contribution in [1.82, 2.24) is 16.0 Å². The molecule has 222 valence electrons. The van der Waals surface area contributed by atoms with Crippen molar-refractivity contribution in [3.63, 3.8) is 0 Å². The van der Waals surface area contributed by atoms with Gasteiger partial charge < -0.3 is 43.4 Å². The Morgan fingerprint density at radius 1 is 0.900 bits per heavy atom. The molecule has 11 N–H and O–H groups in total. The van der Waals surface area contributed by atoms with E-state index in [0.29, 0.717) is 12.8 Å². The third-order valence-corrected chi connectivity index (χ3v) is 6.27. The highest BCUT2D eigenvalue weighted by Crippen LogP contribution is 2.11. The van der Waals surface area contributed by atoms with Crippen molar-refractivity contribution in [1.29, 1.82) is 0 Å². The Kier molecular flexibility index (Phi) is 14.7. The SMILES string of the molecule is CCC(C)C(NC(=O)C(Cc1ccccc1)NC(=O)C(N)CCCN=C(N)N)C(=O)NC(CCC(=O)O)C(=O)O. The molecule has 1 aromatic rings. The van der Waals surface area contributed by atoms with Crippen LogP contribution >= 0.6 is 0 Å². The molecule has 0 saturated heterocycles. The van der Waals surface area contributed by atoms with Crippen molar-refractivity contribution in [3.05, 3.63) is 35.9 Å². The lowest BCUT2D eigenvalue weighted by atomic mass is 9.96. The predicted octanol–water partition coefficient (Wildman–Crippen LogP) is -0.940. The molecule has 1 aromatic carbocycles. The van der Waals surface area contributed by atoms with Crippen LogP contribution in [0.2, 0.25) is 0 Å². The van der Waals surface area contributed by atoms with Crippen LogP contribution in [0.3, 0.4) is 0 Å². The number of rotatable bonds is 18. The maximum Gasteiger partial charge on any atom is 0.326 e. The molecule has 3 amide bonds. The zero-order chi connectivity index (χ0) is 30.2. The van der Waals surface area contributed by atoms with Crippen molar-refractivity contribution >= 4 is 35.6 Å². The van der Waals surface area contributed by atoms with Gasteiger partial charge in [0.25, 0.3) is 0 Å². The van der Waals surface area contributed by atoms with Crippen molar-refractivity contribution in [2.75, 3.05) is 6.54 Å². The number of hydrogen-bond donors (Lipinski definition) is 8. The van der Waals surface area contributed by atoms with E-state index in [2.05, 4.69) is 20.9 Å². The molecule has 0 bridgehead atoms. The molecular formula is C26H41N7O7. The Hall–Kier alpha value is -4.20. The van der Waals surface area contributed by atoms with Gasteiger partial charge in [-0.25, -0.2) is 4.79 Å². The zero-order valence-corrected chi connectivity index (χ0v) is 22.8. The van der Waals surface area contributed by atoms with E-state index in [1.54, 1.807) is 44.2 Å². The largest absolute Gasteiger partial charge is 0.481 e. The lowest BCUT2D eigenvalue weighted by Gasteiger charge is -2.28. The number of nitrogens with zero attached hydrogens (tertiary/aromatic N) is 1. The van der Waals surface area contributed by atoms with Gasteiger partial charge in [-0.2, -0.15) is 0 Å². The number of carboxylic acids is 2. The minimum Gasteiger partial charge on any atom is -0.481 e. The van der Waals surface area contributed by atoms with Crippen LogP contribution in [0.25, 0.3) is 0 Å². The second-order valence-electron chi connectivity index (χ2n) is 9.51. The van der Waals surface area contributed by atoms with Crippen LogP contribution in [0.15, 0.2) is 35.3 Å². The molecule has 1 rings (SSSR count). The topological polar surface area (TPSA) is 252 Å². The van der Waals surface area contributed by atoms with E-state index in [9.17, 15) is 29.1 Å². The number of aliphatic imine (C=N–C) groups is 1. The molecule has 40 heavy (non-hydrogen) atoms. The first kappa shape index (κ1) is 33.8. The number of hydrogen-bond acceptors (Lipinski definition) is 7. The van der Waals surface area contributed by atoms with E-state index < -0.39 is 66.2 Å². The third kappa shape index (κ3) is 12.6. The first-order valence-electron chi connectivity index (χ1n) is 13.1. The van der Waals surface area contributed by atoms with Crippen LogP contribution in [0.5, 0.6) is 0 Å². The second-order valence-corrected chi connectivity index (χ2v) is 9.51. The summed E-state index contributed by atoms with van der Waals surface area (Å²) in [6.07, 6.45) is 0.463. The number of carbonyl (C=O) groups excluding carboxylic acids is 3. The van der Waals surface area contributed by atoms with Crippen LogP contribution in [-0.4, -0.2) is 76.5 Å². The highest BCUT2D eigenvalue weighted by atomic mass is 16.4. The van der Waals surface area contributed by atoms with Gasteiger partial charge in [0, 0.05) is 19.4 Å². The molecule has 0 spiro atoms. The number of nitrogens with one attached hydrogen (secondary N) is 3. The Morgan fingerprint density at radius 2 is 1.52 bits per heavy atom. The summed E-state index contributed by atoms with van der Waals surface area (Å²) in [6, 6.07) is 4.27. The van der Waals surface area contributed by atoms with E-state index in [-0.39, 0.29) is 31.8 Å². The van der Waals surface area contributed by atoms with Gasteiger partial charge in [-0.3, -0.25) is 24.2 Å². The number of carbonyl (C=O) groups is 5. The molecule has 0 saturated carbocycles. The highest BCUT2D eigenvalue weighted by Gasteiger charge is 2.33. The van der Waals surface area contributed by atoms with Gasteiger partial charge in [0.1, 0.15) is 18.1 Å². The monoisotopic (exact) mass is 563 g/mol. The molecule has 0 aliphatic rings. The fourth-order valence-electron chi connectivity index (χ4n) is 3.73. The Balaban J connectivity index is 3.07.